The molecule has 1 aromatic heterocycles. The van der Waals surface area contributed by atoms with Gasteiger partial charge >= 0.3 is 0 Å². The van der Waals surface area contributed by atoms with Crippen molar-refractivity contribution in [3.05, 3.63) is 5.82 Å². The maximum absolute atomic E-state index is 5.22. The number of hydrogen-bond acceptors (Lipinski definition) is 6. The lowest BCUT2D eigenvalue weighted by Gasteiger charge is -2.37. The van der Waals surface area contributed by atoms with Crippen molar-refractivity contribution in [2.24, 2.45) is 0 Å². The Kier molecular flexibility index (Phi) is 5.13. The van der Waals surface area contributed by atoms with Gasteiger partial charge in [-0.15, -0.1) is 0 Å². The minimum atomic E-state index is 0.410. The minimum Gasteiger partial charge on any atom is -0.383 e. The highest BCUT2D eigenvalue weighted by atomic mass is 32.1. The van der Waals surface area contributed by atoms with Crippen LogP contribution in [0.4, 0.5) is 5.13 Å². The van der Waals surface area contributed by atoms with Crippen LogP contribution in [0.3, 0.4) is 0 Å². The van der Waals surface area contributed by atoms with Crippen molar-refractivity contribution in [1.29, 1.82) is 0 Å². The predicted molar refractivity (Wildman–Crippen MR) is 79.1 cm³/mol. The van der Waals surface area contributed by atoms with Crippen LogP contribution in [-0.2, 0) is 4.74 Å². The molecule has 5 nitrogen and oxygen atoms in total. The first-order chi connectivity index (χ1) is 9.11. The van der Waals surface area contributed by atoms with Crippen molar-refractivity contribution in [2.45, 2.75) is 32.7 Å². The van der Waals surface area contributed by atoms with Crippen LogP contribution < -0.4 is 4.90 Å². The molecule has 108 valence electrons. The lowest BCUT2D eigenvalue weighted by atomic mass is 10.2. The van der Waals surface area contributed by atoms with Crippen molar-refractivity contribution >= 4 is 16.7 Å². The smallest absolute Gasteiger partial charge is 0.205 e. The van der Waals surface area contributed by atoms with Crippen LogP contribution in [0.2, 0.25) is 0 Å². The summed E-state index contributed by atoms with van der Waals surface area (Å²) in [5.41, 5.74) is 0. The zero-order valence-corrected chi connectivity index (χ0v) is 13.1. The molecule has 0 unspecified atom stereocenters. The fraction of sp³-hybridized carbons (Fsp3) is 0.846. The van der Waals surface area contributed by atoms with E-state index in [4.69, 9.17) is 4.74 Å². The van der Waals surface area contributed by atoms with Crippen molar-refractivity contribution in [3.63, 3.8) is 0 Å². The molecular formula is C13H24N4OS. The molecule has 1 aliphatic rings. The van der Waals surface area contributed by atoms with Crippen molar-refractivity contribution < 1.29 is 4.74 Å². The highest BCUT2D eigenvalue weighted by Crippen LogP contribution is 2.22. The van der Waals surface area contributed by atoms with E-state index in [0.717, 1.165) is 43.7 Å². The maximum atomic E-state index is 5.22. The fourth-order valence-corrected chi connectivity index (χ4v) is 3.15. The summed E-state index contributed by atoms with van der Waals surface area (Å²) >= 11 is 1.53. The number of ether oxygens (including phenoxy) is 1. The van der Waals surface area contributed by atoms with E-state index in [1.165, 1.54) is 11.5 Å². The van der Waals surface area contributed by atoms with Crippen LogP contribution >= 0.6 is 11.5 Å². The van der Waals surface area contributed by atoms with Crippen LogP contribution in [-0.4, -0.2) is 60.2 Å². The Bertz CT molecular complexity index is 388. The lowest BCUT2D eigenvalue weighted by molar-refractivity contribution is 0.0953. The molecule has 0 spiro atoms. The fourth-order valence-electron chi connectivity index (χ4n) is 2.29. The Morgan fingerprint density at radius 1 is 1.21 bits per heavy atom. The first-order valence-corrected chi connectivity index (χ1v) is 7.70. The highest BCUT2D eigenvalue weighted by molar-refractivity contribution is 7.09. The summed E-state index contributed by atoms with van der Waals surface area (Å²) in [6.07, 6.45) is 0. The molecule has 0 amide bonds. The molecule has 2 heterocycles. The topological polar surface area (TPSA) is 41.5 Å². The predicted octanol–water partition coefficient (Wildman–Crippen LogP) is 1.82. The Morgan fingerprint density at radius 3 is 2.42 bits per heavy atom. The third-order valence-corrected chi connectivity index (χ3v) is 4.35. The van der Waals surface area contributed by atoms with Gasteiger partial charge in [-0.05, 0) is 6.92 Å². The Labute approximate surface area is 119 Å². The van der Waals surface area contributed by atoms with Gasteiger partial charge in [0.05, 0.1) is 6.61 Å². The van der Waals surface area contributed by atoms with Gasteiger partial charge in [-0.25, -0.2) is 4.98 Å². The van der Waals surface area contributed by atoms with Gasteiger partial charge < -0.3 is 9.64 Å². The van der Waals surface area contributed by atoms with E-state index in [9.17, 15) is 0 Å². The normalized spacial score (nSPS) is 19.1. The molecule has 0 saturated carbocycles. The molecule has 1 aromatic rings. The first-order valence-electron chi connectivity index (χ1n) is 6.93. The van der Waals surface area contributed by atoms with Gasteiger partial charge in [-0.2, -0.15) is 4.37 Å². The van der Waals surface area contributed by atoms with Crippen LogP contribution in [0.15, 0.2) is 0 Å². The standard InChI is InChI=1S/C13H24N4OS/c1-10(2)12-14-13(19-15-12)17-7-5-16(6-8-17)11(3)9-18-4/h10-11H,5-9H2,1-4H3/t11-/m1/s1. The molecule has 1 atom stereocenters. The number of rotatable bonds is 5. The van der Waals surface area contributed by atoms with E-state index >= 15 is 0 Å². The summed E-state index contributed by atoms with van der Waals surface area (Å²) in [5.74, 6) is 1.38. The molecule has 0 bridgehead atoms. The van der Waals surface area contributed by atoms with Crippen molar-refractivity contribution in [3.8, 4) is 0 Å². The number of hydrogen-bond donors (Lipinski definition) is 0. The SMILES string of the molecule is COC[C@@H](C)N1CCN(c2nc(C(C)C)ns2)CC1. The number of aromatic nitrogens is 2. The van der Waals surface area contributed by atoms with E-state index in [1.807, 2.05) is 0 Å². The summed E-state index contributed by atoms with van der Waals surface area (Å²) in [4.78, 5) is 9.45. The number of anilines is 1. The molecule has 0 radical (unpaired) electrons. The number of piperazine rings is 1. The summed E-state index contributed by atoms with van der Waals surface area (Å²) in [7, 11) is 1.77. The van der Waals surface area contributed by atoms with Crippen LogP contribution in [0.5, 0.6) is 0 Å². The summed E-state index contributed by atoms with van der Waals surface area (Å²) in [5, 5.41) is 1.07. The zero-order chi connectivity index (χ0) is 13.8. The Morgan fingerprint density at radius 2 is 1.89 bits per heavy atom. The molecule has 2 rings (SSSR count). The van der Waals surface area contributed by atoms with Gasteiger partial charge in [0, 0.05) is 56.8 Å². The van der Waals surface area contributed by atoms with E-state index in [2.05, 4.69) is 39.9 Å². The third-order valence-electron chi connectivity index (χ3n) is 3.56. The molecule has 6 heteroatoms. The van der Waals surface area contributed by atoms with E-state index in [-0.39, 0.29) is 0 Å². The zero-order valence-electron chi connectivity index (χ0n) is 12.3. The van der Waals surface area contributed by atoms with Gasteiger partial charge in [-0.1, -0.05) is 13.8 Å². The first kappa shape index (κ1) is 14.7. The summed E-state index contributed by atoms with van der Waals surface area (Å²) in [6, 6.07) is 0.493. The average Bonchev–Trinajstić information content (AvgIpc) is 2.89. The average molecular weight is 284 g/mol. The molecule has 1 saturated heterocycles. The van der Waals surface area contributed by atoms with Gasteiger partial charge in [0.1, 0.15) is 5.82 Å². The van der Waals surface area contributed by atoms with Gasteiger partial charge in [0.25, 0.3) is 0 Å². The summed E-state index contributed by atoms with van der Waals surface area (Å²) < 4.78 is 9.65. The molecule has 1 aliphatic heterocycles. The lowest BCUT2D eigenvalue weighted by Crippen LogP contribution is -2.50. The van der Waals surface area contributed by atoms with Crippen LogP contribution in [0, 0.1) is 0 Å². The second-order valence-corrected chi connectivity index (χ2v) is 6.15. The molecule has 0 aromatic carbocycles. The molecule has 19 heavy (non-hydrogen) atoms. The monoisotopic (exact) mass is 284 g/mol. The Balaban J connectivity index is 1.88. The molecule has 0 aliphatic carbocycles. The van der Waals surface area contributed by atoms with Gasteiger partial charge in [0.15, 0.2) is 0 Å². The van der Waals surface area contributed by atoms with E-state index in [0.29, 0.717) is 12.0 Å². The highest BCUT2D eigenvalue weighted by Gasteiger charge is 2.23. The van der Waals surface area contributed by atoms with E-state index in [1.54, 1.807) is 7.11 Å². The Hall–Kier alpha value is -0.720. The van der Waals surface area contributed by atoms with Crippen LogP contribution in [0.1, 0.15) is 32.5 Å². The third kappa shape index (κ3) is 3.64. The van der Waals surface area contributed by atoms with E-state index < -0.39 is 0 Å². The molecule has 1 fully saturated rings. The minimum absolute atomic E-state index is 0.410. The molecular weight excluding hydrogens is 260 g/mol. The van der Waals surface area contributed by atoms with Gasteiger partial charge in [-0.3, -0.25) is 4.90 Å². The number of nitrogens with zero attached hydrogens (tertiary/aromatic N) is 4. The maximum Gasteiger partial charge on any atom is 0.205 e. The van der Waals surface area contributed by atoms with Gasteiger partial charge in [0.2, 0.25) is 5.13 Å². The quantitative estimate of drug-likeness (QED) is 0.825. The summed E-state index contributed by atoms with van der Waals surface area (Å²) in [6.45, 7) is 11.5. The van der Waals surface area contributed by atoms with Crippen molar-refractivity contribution in [2.75, 3.05) is 44.8 Å². The second-order valence-electron chi connectivity index (χ2n) is 5.42. The van der Waals surface area contributed by atoms with Crippen molar-refractivity contribution in [1.82, 2.24) is 14.3 Å². The number of methoxy groups -OCH3 is 1. The molecule has 0 N–H and O–H groups in total. The second kappa shape index (κ2) is 6.63. The largest absolute Gasteiger partial charge is 0.383 e. The van der Waals surface area contributed by atoms with Crippen LogP contribution in [0.25, 0.3) is 0 Å².